The molecule has 9 heteroatoms. The van der Waals surface area contributed by atoms with E-state index in [0.717, 1.165) is 12.0 Å². The second-order valence-corrected chi connectivity index (χ2v) is 11.0. The van der Waals surface area contributed by atoms with Gasteiger partial charge in [-0.25, -0.2) is 23.1 Å². The lowest BCUT2D eigenvalue weighted by molar-refractivity contribution is 0.0981. The summed E-state index contributed by atoms with van der Waals surface area (Å²) in [5.74, 6) is 2.41. The molecule has 1 atom stereocenters. The molecule has 1 fully saturated rings. The number of carbonyl (C=O) groups excluding carboxylic acids is 1. The number of nitrogens with two attached hydrogens (primary N) is 1. The van der Waals surface area contributed by atoms with Crippen molar-refractivity contribution in [2.75, 3.05) is 17.2 Å². The van der Waals surface area contributed by atoms with Crippen LogP contribution in [0.4, 0.5) is 11.6 Å². The molecule has 8 nitrogen and oxygen atoms in total. The Morgan fingerprint density at radius 1 is 1.23 bits per heavy atom. The zero-order valence-corrected chi connectivity index (χ0v) is 20.6. The van der Waals surface area contributed by atoms with Gasteiger partial charge in [0.25, 0.3) is 15.9 Å². The lowest BCUT2D eigenvalue weighted by atomic mass is 9.97. The van der Waals surface area contributed by atoms with Gasteiger partial charge in [-0.3, -0.25) is 4.79 Å². The third kappa shape index (κ3) is 4.84. The van der Waals surface area contributed by atoms with Crippen molar-refractivity contribution in [3.63, 3.8) is 0 Å². The number of nitrogens with zero attached hydrogens (tertiary/aromatic N) is 3. The Morgan fingerprint density at radius 2 is 2.00 bits per heavy atom. The van der Waals surface area contributed by atoms with Gasteiger partial charge in [-0.15, -0.1) is 6.42 Å². The van der Waals surface area contributed by atoms with Crippen LogP contribution in [-0.2, 0) is 10.0 Å². The summed E-state index contributed by atoms with van der Waals surface area (Å²) in [6, 6.07) is 13.4. The zero-order valence-electron chi connectivity index (χ0n) is 19.8. The van der Waals surface area contributed by atoms with E-state index in [9.17, 15) is 13.2 Å². The van der Waals surface area contributed by atoms with E-state index in [1.807, 2.05) is 24.3 Å². The molecular weight excluding hydrogens is 462 g/mol. The number of benzene rings is 1. The minimum Gasteiger partial charge on any atom is -0.383 e. The standard InChI is InChI=1S/C26H27N5O3S/c1-5-18-8-6-9-19(14-18)21-12-11-20(24(29-21)31-16-17(2)15-26(31,3)4)25(32)30-35(33,34)22-10-7-13-28-23(22)27/h1,6-14,17H,15-16H2,2-4H3,(H2,27,28)(H,30,32)/t17-/m0/s1. The van der Waals surface area contributed by atoms with Crippen LogP contribution in [0.2, 0.25) is 0 Å². The van der Waals surface area contributed by atoms with Gasteiger partial charge in [0, 0.05) is 29.4 Å². The van der Waals surface area contributed by atoms with Crippen molar-refractivity contribution in [2.24, 2.45) is 5.92 Å². The van der Waals surface area contributed by atoms with Crippen molar-refractivity contribution in [3.05, 3.63) is 65.9 Å². The zero-order chi connectivity index (χ0) is 25.4. The first-order valence-electron chi connectivity index (χ1n) is 11.2. The van der Waals surface area contributed by atoms with Gasteiger partial charge < -0.3 is 10.6 Å². The van der Waals surface area contributed by atoms with Gasteiger partial charge in [-0.05, 0) is 62.6 Å². The number of aromatic nitrogens is 2. The highest BCUT2D eigenvalue weighted by atomic mass is 32.2. The molecule has 1 aromatic carbocycles. The van der Waals surface area contributed by atoms with Crippen LogP contribution in [0.15, 0.2) is 59.6 Å². The SMILES string of the molecule is C#Cc1cccc(-c2ccc(C(=O)NS(=O)(=O)c3cccnc3N)c(N3C[C@@H](C)CC3(C)C)n2)c1. The fourth-order valence-corrected chi connectivity index (χ4v) is 5.63. The molecule has 0 bridgehead atoms. The van der Waals surface area contributed by atoms with E-state index in [-0.39, 0.29) is 21.8 Å². The molecule has 0 saturated carbocycles. The molecular formula is C26H27N5O3S. The van der Waals surface area contributed by atoms with Gasteiger partial charge >= 0.3 is 0 Å². The molecule has 3 aromatic rings. The van der Waals surface area contributed by atoms with Gasteiger partial charge in [0.2, 0.25) is 0 Å². The minimum absolute atomic E-state index is 0.148. The first kappa shape index (κ1) is 24.2. The van der Waals surface area contributed by atoms with E-state index in [1.165, 1.54) is 18.3 Å². The number of pyridine rings is 2. The van der Waals surface area contributed by atoms with Gasteiger partial charge in [0.05, 0.1) is 11.3 Å². The molecule has 1 aliphatic heterocycles. The highest BCUT2D eigenvalue weighted by Crippen LogP contribution is 2.38. The van der Waals surface area contributed by atoms with E-state index >= 15 is 0 Å². The van der Waals surface area contributed by atoms with Crippen molar-refractivity contribution in [1.82, 2.24) is 14.7 Å². The molecule has 1 amide bonds. The quantitative estimate of drug-likeness (QED) is 0.527. The first-order valence-corrected chi connectivity index (χ1v) is 12.6. The summed E-state index contributed by atoms with van der Waals surface area (Å²) in [6.07, 6.45) is 7.83. The monoisotopic (exact) mass is 489 g/mol. The lowest BCUT2D eigenvalue weighted by Gasteiger charge is -2.34. The molecule has 3 N–H and O–H groups in total. The van der Waals surface area contributed by atoms with Crippen LogP contribution < -0.4 is 15.4 Å². The number of sulfonamides is 1. The number of amides is 1. The molecule has 0 spiro atoms. The van der Waals surface area contributed by atoms with Crippen LogP contribution in [0.5, 0.6) is 0 Å². The second-order valence-electron chi connectivity index (χ2n) is 9.35. The van der Waals surface area contributed by atoms with Gasteiger partial charge in [0.15, 0.2) is 0 Å². The fourth-order valence-electron chi connectivity index (χ4n) is 4.58. The highest BCUT2D eigenvalue weighted by Gasteiger charge is 2.39. The first-order chi connectivity index (χ1) is 16.5. The van der Waals surface area contributed by atoms with E-state index in [0.29, 0.717) is 29.5 Å². The van der Waals surface area contributed by atoms with Crippen LogP contribution in [0.25, 0.3) is 11.3 Å². The predicted octanol–water partition coefficient (Wildman–Crippen LogP) is 3.45. The largest absolute Gasteiger partial charge is 0.383 e. The molecule has 2 aromatic heterocycles. The summed E-state index contributed by atoms with van der Waals surface area (Å²) in [5, 5.41) is 0. The van der Waals surface area contributed by atoms with Gasteiger partial charge in [-0.1, -0.05) is 25.0 Å². The molecule has 35 heavy (non-hydrogen) atoms. The van der Waals surface area contributed by atoms with Gasteiger partial charge in [-0.2, -0.15) is 0 Å². The average Bonchev–Trinajstić information content (AvgIpc) is 3.10. The van der Waals surface area contributed by atoms with E-state index in [4.69, 9.17) is 17.1 Å². The molecule has 0 unspecified atom stereocenters. The number of terminal acetylenes is 1. The average molecular weight is 490 g/mol. The number of hydrogen-bond donors (Lipinski definition) is 2. The Morgan fingerprint density at radius 3 is 2.66 bits per heavy atom. The Hall–Kier alpha value is -3.90. The number of nitrogen functional groups attached to an aromatic ring is 1. The van der Waals surface area contributed by atoms with Crippen molar-refractivity contribution < 1.29 is 13.2 Å². The van der Waals surface area contributed by atoms with Crippen LogP contribution in [-0.4, -0.2) is 36.4 Å². The highest BCUT2D eigenvalue weighted by molar-refractivity contribution is 7.90. The summed E-state index contributed by atoms with van der Waals surface area (Å²) in [7, 11) is -4.24. The molecule has 1 saturated heterocycles. The van der Waals surface area contributed by atoms with E-state index in [2.05, 4.69) is 41.3 Å². The van der Waals surface area contributed by atoms with Crippen molar-refractivity contribution in [2.45, 2.75) is 37.6 Å². The topological polar surface area (TPSA) is 118 Å². The Bertz CT molecular complexity index is 1440. The normalized spacial score (nSPS) is 17.1. The summed E-state index contributed by atoms with van der Waals surface area (Å²) in [6.45, 7) is 6.98. The Balaban J connectivity index is 1.79. The van der Waals surface area contributed by atoms with Crippen LogP contribution in [0.3, 0.4) is 0 Å². The maximum Gasteiger partial charge on any atom is 0.268 e. The molecule has 0 radical (unpaired) electrons. The van der Waals surface area contributed by atoms with E-state index in [1.54, 1.807) is 12.1 Å². The number of hydrogen-bond acceptors (Lipinski definition) is 7. The molecule has 4 rings (SSSR count). The van der Waals surface area contributed by atoms with Crippen LogP contribution in [0, 0.1) is 18.3 Å². The summed E-state index contributed by atoms with van der Waals surface area (Å²) < 4.78 is 27.9. The molecule has 0 aliphatic carbocycles. The third-order valence-electron chi connectivity index (χ3n) is 6.09. The molecule has 1 aliphatic rings. The number of nitrogens with one attached hydrogen (secondary N) is 1. The molecule has 180 valence electrons. The smallest absolute Gasteiger partial charge is 0.268 e. The summed E-state index contributed by atoms with van der Waals surface area (Å²) in [5.41, 5.74) is 7.74. The number of rotatable bonds is 5. The van der Waals surface area contributed by atoms with Crippen LogP contribution >= 0.6 is 0 Å². The third-order valence-corrected chi connectivity index (χ3v) is 7.47. The van der Waals surface area contributed by atoms with E-state index < -0.39 is 15.9 Å². The predicted molar refractivity (Wildman–Crippen MR) is 136 cm³/mol. The Kier molecular flexibility index (Phi) is 6.26. The number of anilines is 2. The van der Waals surface area contributed by atoms with Crippen molar-refractivity contribution in [1.29, 1.82) is 0 Å². The summed E-state index contributed by atoms with van der Waals surface area (Å²) >= 11 is 0. The minimum atomic E-state index is -4.24. The fraction of sp³-hybridized carbons (Fsp3) is 0.269. The maximum atomic E-state index is 13.3. The Labute approximate surface area is 205 Å². The lowest BCUT2D eigenvalue weighted by Crippen LogP contribution is -2.41. The maximum absolute atomic E-state index is 13.3. The summed E-state index contributed by atoms with van der Waals surface area (Å²) in [4.78, 5) is 23.8. The number of carbonyl (C=O) groups is 1. The van der Waals surface area contributed by atoms with Crippen LogP contribution in [0.1, 0.15) is 43.1 Å². The van der Waals surface area contributed by atoms with Crippen molar-refractivity contribution >= 4 is 27.6 Å². The second kappa shape index (κ2) is 9.04. The van der Waals surface area contributed by atoms with Gasteiger partial charge in [0.1, 0.15) is 16.5 Å². The van der Waals surface area contributed by atoms with Crippen molar-refractivity contribution in [3.8, 4) is 23.6 Å². The molecule has 3 heterocycles.